The zero-order valence-electron chi connectivity index (χ0n) is 27.7. The van der Waals surface area contributed by atoms with E-state index in [4.69, 9.17) is 20.6 Å². The number of nitrogens with zero attached hydrogens (tertiary/aromatic N) is 1. The van der Waals surface area contributed by atoms with Crippen molar-refractivity contribution in [2.45, 2.75) is 57.0 Å². The minimum absolute atomic E-state index is 0.0523. The van der Waals surface area contributed by atoms with E-state index in [-0.39, 0.29) is 25.0 Å². The molecule has 1 fully saturated rings. The van der Waals surface area contributed by atoms with E-state index in [0.717, 1.165) is 60.3 Å². The van der Waals surface area contributed by atoms with E-state index in [1.165, 1.54) is 0 Å². The number of ether oxygens (including phenoxy) is 3. The number of nitrogens with one attached hydrogen (secondary N) is 1. The molecule has 2 N–H and O–H groups in total. The Labute approximate surface area is 279 Å². The van der Waals surface area contributed by atoms with Gasteiger partial charge in [-0.15, -0.1) is 12.3 Å². The summed E-state index contributed by atoms with van der Waals surface area (Å²) in [4.78, 5) is 26.7. The Bertz CT molecular complexity index is 1400. The summed E-state index contributed by atoms with van der Waals surface area (Å²) in [7, 11) is 3.28. The number of carbonyl (C=O) groups excluding carboxylic acids is 2. The molecule has 0 aliphatic carbocycles. The van der Waals surface area contributed by atoms with Crippen LogP contribution < -0.4 is 14.8 Å². The smallest absolute Gasteiger partial charge is 0.222 e. The van der Waals surface area contributed by atoms with Gasteiger partial charge < -0.3 is 29.5 Å². The van der Waals surface area contributed by atoms with Crippen LogP contribution in [-0.4, -0.2) is 68.9 Å². The summed E-state index contributed by atoms with van der Waals surface area (Å²) in [6, 6.07) is 25.7. The summed E-state index contributed by atoms with van der Waals surface area (Å²) in [5, 5.41) is 13.5. The molecule has 4 rings (SSSR count). The highest BCUT2D eigenvalue weighted by molar-refractivity contribution is 5.77. The van der Waals surface area contributed by atoms with Gasteiger partial charge in [0.2, 0.25) is 11.8 Å². The van der Waals surface area contributed by atoms with Gasteiger partial charge in [0.25, 0.3) is 0 Å². The van der Waals surface area contributed by atoms with Gasteiger partial charge in [-0.1, -0.05) is 61.0 Å². The van der Waals surface area contributed by atoms with E-state index in [1.54, 1.807) is 14.2 Å². The lowest BCUT2D eigenvalue weighted by Gasteiger charge is -2.50. The standard InChI is InChI=1S/C39H48N2O6/c1-4-5-6-11-16-36(43)40-26-13-8-12-17-37(44)41-27-38(28-41,29-42)30-47-39(31-14-9-7-10-15-31,32-18-22-34(45-2)23-19-32)33-20-24-35(46-3)25-21-33/h1,7,9-10,14-15,18-25,42H,5-6,8,11-13,16-17,26-30H2,2-3H3,(H,40,43). The van der Waals surface area contributed by atoms with Crippen molar-refractivity contribution < 1.29 is 28.9 Å². The summed E-state index contributed by atoms with van der Waals surface area (Å²) in [5.74, 6) is 4.19. The van der Waals surface area contributed by atoms with Gasteiger partial charge in [-0.25, -0.2) is 0 Å². The molecule has 0 bridgehead atoms. The first-order valence-corrected chi connectivity index (χ1v) is 16.5. The number of aliphatic hydroxyl groups is 1. The van der Waals surface area contributed by atoms with Crippen molar-refractivity contribution >= 4 is 11.8 Å². The summed E-state index contributed by atoms with van der Waals surface area (Å²) < 4.78 is 17.9. The molecule has 8 nitrogen and oxygen atoms in total. The van der Waals surface area contributed by atoms with Gasteiger partial charge in [0.1, 0.15) is 17.1 Å². The highest BCUT2D eigenvalue weighted by Crippen LogP contribution is 2.44. The van der Waals surface area contributed by atoms with E-state index in [2.05, 4.69) is 11.2 Å². The largest absolute Gasteiger partial charge is 0.497 e. The first-order valence-electron chi connectivity index (χ1n) is 16.5. The van der Waals surface area contributed by atoms with Crippen molar-refractivity contribution in [3.63, 3.8) is 0 Å². The quantitative estimate of drug-likeness (QED) is 0.0991. The first kappa shape index (κ1) is 35.5. The molecule has 8 heteroatoms. The lowest BCUT2D eigenvalue weighted by atomic mass is 9.78. The third-order valence-electron chi connectivity index (χ3n) is 8.87. The fraction of sp³-hybridized carbons (Fsp3) is 0.436. The number of carbonyl (C=O) groups is 2. The van der Waals surface area contributed by atoms with Gasteiger partial charge in [0.15, 0.2) is 0 Å². The summed E-state index contributed by atoms with van der Waals surface area (Å²) in [6.07, 6.45) is 11.0. The Balaban J connectivity index is 1.39. The fourth-order valence-corrected chi connectivity index (χ4v) is 6.08. The Kier molecular flexibility index (Phi) is 13.3. The Morgan fingerprint density at radius 3 is 1.96 bits per heavy atom. The number of aliphatic hydroxyl groups excluding tert-OH is 1. The topological polar surface area (TPSA) is 97.3 Å². The maximum atomic E-state index is 13.0. The van der Waals surface area contributed by atoms with Gasteiger partial charge >= 0.3 is 0 Å². The highest BCUT2D eigenvalue weighted by Gasteiger charge is 2.48. The van der Waals surface area contributed by atoms with Crippen molar-refractivity contribution in [1.82, 2.24) is 10.2 Å². The SMILES string of the molecule is C#CCCCCC(=O)NCCCCCC(=O)N1CC(CO)(COC(c2ccccc2)(c2ccc(OC)cc2)c2ccc(OC)cc2)C1. The van der Waals surface area contributed by atoms with Crippen LogP contribution in [0.1, 0.15) is 68.1 Å². The average molecular weight is 641 g/mol. The number of amides is 2. The number of hydrogen-bond acceptors (Lipinski definition) is 6. The third kappa shape index (κ3) is 9.15. The fourth-order valence-electron chi connectivity index (χ4n) is 6.08. The van der Waals surface area contributed by atoms with Crippen LogP contribution in [0.25, 0.3) is 0 Å². The molecular formula is C39H48N2O6. The van der Waals surface area contributed by atoms with Crippen LogP contribution in [0.5, 0.6) is 11.5 Å². The lowest BCUT2D eigenvalue weighted by Crippen LogP contribution is -2.63. The molecule has 0 radical (unpaired) electrons. The van der Waals surface area contributed by atoms with Crippen molar-refractivity contribution in [2.75, 3.05) is 47.1 Å². The van der Waals surface area contributed by atoms with Crippen LogP contribution in [0.3, 0.4) is 0 Å². The molecule has 1 saturated heterocycles. The van der Waals surface area contributed by atoms with Crippen LogP contribution in [0, 0.1) is 17.8 Å². The number of hydrogen-bond donors (Lipinski definition) is 2. The molecule has 0 aromatic heterocycles. The van der Waals surface area contributed by atoms with Gasteiger partial charge in [-0.3, -0.25) is 9.59 Å². The molecular weight excluding hydrogens is 592 g/mol. The van der Waals surface area contributed by atoms with Crippen molar-refractivity contribution in [3.8, 4) is 23.8 Å². The number of methoxy groups -OCH3 is 2. The maximum absolute atomic E-state index is 13.0. The number of likely N-dealkylation sites (tertiary alicyclic amines) is 1. The molecule has 1 aliphatic heterocycles. The Morgan fingerprint density at radius 1 is 0.830 bits per heavy atom. The van der Waals surface area contributed by atoms with Crippen molar-refractivity contribution in [2.24, 2.45) is 5.41 Å². The number of rotatable bonds is 19. The molecule has 3 aromatic rings. The Hall–Kier alpha value is -4.32. The molecule has 1 heterocycles. The molecule has 47 heavy (non-hydrogen) atoms. The van der Waals surface area contributed by atoms with Crippen molar-refractivity contribution in [3.05, 3.63) is 95.6 Å². The van der Waals surface area contributed by atoms with Gasteiger partial charge in [-0.2, -0.15) is 0 Å². The zero-order valence-corrected chi connectivity index (χ0v) is 27.7. The molecule has 250 valence electrons. The highest BCUT2D eigenvalue weighted by atomic mass is 16.5. The minimum atomic E-state index is -0.997. The monoisotopic (exact) mass is 640 g/mol. The van der Waals surface area contributed by atoms with E-state index in [9.17, 15) is 14.7 Å². The second-order valence-electron chi connectivity index (χ2n) is 12.3. The first-order chi connectivity index (χ1) is 22.9. The molecule has 0 saturated carbocycles. The Morgan fingerprint density at radius 2 is 1.40 bits per heavy atom. The predicted octanol–water partition coefficient (Wildman–Crippen LogP) is 5.70. The number of unbranched alkanes of at least 4 members (excludes halogenated alkanes) is 4. The van der Waals surface area contributed by atoms with E-state index < -0.39 is 11.0 Å². The molecule has 0 atom stereocenters. The number of benzene rings is 3. The summed E-state index contributed by atoms with van der Waals surface area (Å²) >= 11 is 0. The maximum Gasteiger partial charge on any atom is 0.222 e. The normalized spacial score (nSPS) is 13.7. The second kappa shape index (κ2) is 17.6. The van der Waals surface area contributed by atoms with Crippen LogP contribution >= 0.6 is 0 Å². The lowest BCUT2D eigenvalue weighted by molar-refractivity contribution is -0.158. The number of terminal acetylenes is 1. The van der Waals surface area contributed by atoms with E-state index in [0.29, 0.717) is 38.9 Å². The van der Waals surface area contributed by atoms with Crippen molar-refractivity contribution in [1.29, 1.82) is 0 Å². The molecule has 0 spiro atoms. The molecule has 3 aromatic carbocycles. The van der Waals surface area contributed by atoms with Crippen LogP contribution in [0.15, 0.2) is 78.9 Å². The van der Waals surface area contributed by atoms with E-state index in [1.807, 2.05) is 83.8 Å². The van der Waals surface area contributed by atoms with Gasteiger partial charge in [-0.05, 0) is 66.6 Å². The predicted molar refractivity (Wildman–Crippen MR) is 183 cm³/mol. The van der Waals surface area contributed by atoms with Gasteiger partial charge in [0, 0.05) is 38.9 Å². The molecule has 1 aliphatic rings. The van der Waals surface area contributed by atoms with Crippen LogP contribution in [0.2, 0.25) is 0 Å². The zero-order chi connectivity index (χ0) is 33.5. The third-order valence-corrected chi connectivity index (χ3v) is 8.87. The van der Waals surface area contributed by atoms with Gasteiger partial charge in [0.05, 0.1) is 32.8 Å². The second-order valence-corrected chi connectivity index (χ2v) is 12.3. The minimum Gasteiger partial charge on any atom is -0.497 e. The molecule has 2 amide bonds. The summed E-state index contributed by atoms with van der Waals surface area (Å²) in [6.45, 7) is 1.60. The van der Waals surface area contributed by atoms with E-state index >= 15 is 0 Å². The summed E-state index contributed by atoms with van der Waals surface area (Å²) in [5.41, 5.74) is 1.18. The van der Waals surface area contributed by atoms with Crippen LogP contribution in [0.4, 0.5) is 0 Å². The average Bonchev–Trinajstić information content (AvgIpc) is 3.10. The molecule has 0 unspecified atom stereocenters. The van der Waals surface area contributed by atoms with Crippen LogP contribution in [-0.2, 0) is 19.9 Å².